The van der Waals surface area contributed by atoms with E-state index in [0.717, 1.165) is 130 Å². The third-order valence-corrected chi connectivity index (χ3v) is 25.5. The zero-order valence-electron chi connectivity index (χ0n) is 85.5. The zero-order chi connectivity index (χ0) is 102. The molecule has 23 nitrogen and oxygen atoms in total. The largest absolute Gasteiger partial charge is 0.508 e. The highest BCUT2D eigenvalue weighted by Gasteiger charge is 2.53. The average Bonchev–Trinajstić information content (AvgIpc) is 1.64. The molecule has 9 aromatic carbocycles. The van der Waals surface area contributed by atoms with Crippen molar-refractivity contribution < 1.29 is 67.5 Å². The number of phenols is 2. The van der Waals surface area contributed by atoms with E-state index in [4.69, 9.17) is 73.8 Å². The van der Waals surface area contributed by atoms with Gasteiger partial charge in [-0.15, -0.1) is 0 Å². The Morgan fingerprint density at radius 3 is 1.21 bits per heavy atom. The van der Waals surface area contributed by atoms with Crippen LogP contribution in [0.1, 0.15) is 242 Å². The van der Waals surface area contributed by atoms with Crippen molar-refractivity contribution in [3.63, 3.8) is 0 Å². The number of ketones is 1. The van der Waals surface area contributed by atoms with Gasteiger partial charge in [0, 0.05) is 74.6 Å². The summed E-state index contributed by atoms with van der Waals surface area (Å²) in [7, 11) is -0.658. The maximum absolute atomic E-state index is 11.9. The number of benzene rings is 9. The van der Waals surface area contributed by atoms with Gasteiger partial charge in [0.15, 0.2) is 11.4 Å². The van der Waals surface area contributed by atoms with Crippen molar-refractivity contribution in [2.45, 2.75) is 254 Å². The van der Waals surface area contributed by atoms with Gasteiger partial charge in [0.2, 0.25) is 12.2 Å². The predicted octanol–water partition coefficient (Wildman–Crippen LogP) is 24.3. The van der Waals surface area contributed by atoms with Gasteiger partial charge in [-0.3, -0.25) is 9.20 Å². The third kappa shape index (κ3) is 37.7. The lowest BCUT2D eigenvalue weighted by atomic mass is 9.79. The number of imidazole rings is 1. The Balaban J connectivity index is 0.000000193. The van der Waals surface area contributed by atoms with E-state index in [1.54, 1.807) is 41.1 Å². The number of fused-ring (bicyclic) bond motifs is 1. The second kappa shape index (κ2) is 59.7. The lowest BCUT2D eigenvalue weighted by molar-refractivity contribution is -0.167. The number of aliphatic hydroxyl groups is 1. The zero-order valence-corrected chi connectivity index (χ0v) is 88.7. The number of aryl methyl sites for hydroxylation is 1. The average molecular weight is 2060 g/mol. The van der Waals surface area contributed by atoms with Crippen LogP contribution < -0.4 is 36.6 Å². The molecule has 0 aliphatic carbocycles. The van der Waals surface area contributed by atoms with Crippen LogP contribution in [0.2, 0.25) is 0 Å². The van der Waals surface area contributed by atoms with Crippen LogP contribution in [0.25, 0.3) is 28.2 Å². The van der Waals surface area contributed by atoms with Crippen LogP contribution in [0.3, 0.4) is 0 Å². The fourth-order valence-electron chi connectivity index (χ4n) is 14.8. The first kappa shape index (κ1) is 114. The van der Waals surface area contributed by atoms with E-state index < -0.39 is 6.29 Å². The number of nitrogen functional groups attached to an aromatic ring is 2. The lowest BCUT2D eigenvalue weighted by Gasteiger charge is -2.32. The summed E-state index contributed by atoms with van der Waals surface area (Å²) in [5.41, 5.74) is 26.1. The molecule has 0 spiro atoms. The fourth-order valence-corrected chi connectivity index (χ4v) is 15.5. The predicted molar refractivity (Wildman–Crippen MR) is 581 cm³/mol. The highest BCUT2D eigenvalue weighted by atomic mass is 79.9. The number of carbonyl (C=O) groups excluding carboxylic acids is 1. The van der Waals surface area contributed by atoms with Crippen molar-refractivity contribution in [1.82, 2.24) is 34.3 Å². The summed E-state index contributed by atoms with van der Waals surface area (Å²) in [6, 6.07) is 75.9. The van der Waals surface area contributed by atoms with Crippen molar-refractivity contribution in [1.29, 1.82) is 0 Å². The number of ether oxygens (including phenoxy) is 5. The Morgan fingerprint density at radius 1 is 0.415 bits per heavy atom. The number of carbonyl (C=O) groups is 1. The summed E-state index contributed by atoms with van der Waals surface area (Å²) in [6.07, 6.45) is 25.0. The SMILES string of the molecule is CC1(C)OB(c2ccc(O)cc2)OC1(C)C.CCCCCCBr.CCCCCCOc1ccc(-c2cnc(N)c(Cc3ccccc3)n2)cc1.CCCCCCOc1ccc(B2OC(C)(C)C(C)(C)O2)cc1.CCOC(OCC)C(=O)Cc1ccc(C)cc1.Nc1ncc(Br)nc1Cc1ccccc1.OCCCCCOc1ccc(-c2cn3c(O)c(Cc4ccc(O)cc4)nc3c(Cc3ccccc3)n2)cc1. The monoisotopic (exact) mass is 2060 g/mol. The molecule has 756 valence electrons. The summed E-state index contributed by atoms with van der Waals surface area (Å²) in [5, 5.41) is 40.1. The number of anilines is 2. The van der Waals surface area contributed by atoms with E-state index in [9.17, 15) is 20.1 Å². The topological polar surface area (TPSA) is 315 Å². The number of phenolic OH excluding ortho intramolecular Hbond substituents is 2. The normalized spacial score (nSPS) is 13.4. The number of hydrogen-bond acceptors (Lipinski definition) is 22. The number of aromatic hydroxyl groups is 3. The van der Waals surface area contributed by atoms with Crippen LogP contribution in [-0.4, -0.2) is 148 Å². The van der Waals surface area contributed by atoms with E-state index in [0.29, 0.717) is 79.5 Å². The molecule has 27 heteroatoms. The highest BCUT2D eigenvalue weighted by molar-refractivity contribution is 9.10. The standard InChI is InChI=1S/C31H31N3O4.C23H27N3O.C18H29BO3.C14H20O3.C12H17BO3.C11H10BrN3.C6H13Br/c35-17-5-2-6-18-38-26-15-11-24(12-16-26)29-21-34-30(27(32-29)19-22-7-3-1-4-8-22)33-28(31(34)37)20-23-9-13-25(36)14-10-23;1-2-3-4-8-15-27-20-13-11-19(12-14-20)22-17-25-23(24)21(26-22)16-18-9-6-5-7-10-18;1-6-7-8-9-14-20-16-12-10-15(11-13-16)19-21-17(2,3)18(4,5)22-19;1-4-16-14(17-5-2)13(15)10-12-8-6-11(3)7-9-12;1-11(2)12(3,4)16-13(15-11)9-5-7-10(14)8-6-9;12-10-7-14-11(13)9(15-10)6-8-4-2-1-3-5-8;1-2-3-4-5-6-7/h1,3-4,7-16,21,35-37H,2,5-6,17-20H2;5-7,9-14,17H,2-4,8,15-16H2,1H3,(H2,24,25);10-13H,6-9,14H2,1-5H3;6-9,14H,4-5,10H2,1-3H3;5-8,14H,1-4H3;1-5,7H,6H2,(H2,13,14);2-6H2,1H3. The highest BCUT2D eigenvalue weighted by Crippen LogP contribution is 2.39. The molecule has 15 rings (SSSR count). The summed E-state index contributed by atoms with van der Waals surface area (Å²) >= 11 is 6.66. The molecule has 2 saturated heterocycles. The second-order valence-corrected chi connectivity index (χ2v) is 38.7. The van der Waals surface area contributed by atoms with E-state index in [1.807, 2.05) is 243 Å². The first-order valence-electron chi connectivity index (χ1n) is 49.9. The van der Waals surface area contributed by atoms with Gasteiger partial charge < -0.3 is 74.2 Å². The Hall–Kier alpha value is -11.4. The van der Waals surface area contributed by atoms with Crippen LogP contribution >= 0.6 is 31.9 Å². The number of nitrogens with two attached hydrogens (primary N) is 2. The van der Waals surface area contributed by atoms with Gasteiger partial charge in [0.25, 0.3) is 0 Å². The molecule has 0 saturated carbocycles. The fraction of sp³-hybridized carbons (Fsp3) is 0.400. The smallest absolute Gasteiger partial charge is 0.494 e. The second-order valence-electron chi connectivity index (χ2n) is 37.0. The van der Waals surface area contributed by atoms with Gasteiger partial charge in [-0.2, -0.15) is 0 Å². The number of alkyl halides is 1. The summed E-state index contributed by atoms with van der Waals surface area (Å²) in [6.45, 7) is 32.1. The minimum absolute atomic E-state index is 0.0300. The molecule has 0 unspecified atom stereocenters. The molecule has 2 aliphatic heterocycles. The quantitative estimate of drug-likeness (QED) is 0.00897. The van der Waals surface area contributed by atoms with Gasteiger partial charge in [0.1, 0.15) is 50.7 Å². The molecule has 6 heterocycles. The summed E-state index contributed by atoms with van der Waals surface area (Å²) < 4.78 is 54.2. The van der Waals surface area contributed by atoms with Gasteiger partial charge >= 0.3 is 14.2 Å². The number of aliphatic hydroxyl groups excluding tert-OH is 1. The summed E-state index contributed by atoms with van der Waals surface area (Å²) in [4.78, 5) is 39.1. The van der Waals surface area contributed by atoms with Crippen LogP contribution in [0.15, 0.2) is 260 Å². The maximum Gasteiger partial charge on any atom is 0.494 e. The Morgan fingerprint density at radius 2 is 0.782 bits per heavy atom. The number of rotatable bonds is 41. The molecule has 2 aliphatic rings. The number of aromatic nitrogens is 7. The molecule has 0 radical (unpaired) electrons. The van der Waals surface area contributed by atoms with E-state index in [1.165, 1.54) is 86.2 Å². The first-order chi connectivity index (χ1) is 68.4. The van der Waals surface area contributed by atoms with Gasteiger partial charge in [-0.05, 0) is 254 Å². The minimum Gasteiger partial charge on any atom is -0.508 e. The molecule has 0 atom stereocenters. The number of nitrogens with zero attached hydrogens (tertiary/aromatic N) is 7. The first-order valence-corrected chi connectivity index (χ1v) is 51.8. The molecular formula is C115H147B2Br2N9O14. The van der Waals surface area contributed by atoms with Crippen LogP contribution in [-0.2, 0) is 65.0 Å². The van der Waals surface area contributed by atoms with E-state index in [2.05, 4.69) is 120 Å². The van der Waals surface area contributed by atoms with Crippen molar-refractivity contribution in [2.75, 3.05) is 56.4 Å². The Labute approximate surface area is 859 Å². The van der Waals surface area contributed by atoms with Crippen LogP contribution in [0, 0.1) is 6.92 Å². The van der Waals surface area contributed by atoms with E-state index in [-0.39, 0.29) is 66.4 Å². The summed E-state index contributed by atoms with van der Waals surface area (Å²) in [5.74, 6) is 4.05. The number of Topliss-reactive ketones (excluding diaryl/α,β-unsaturated/α-hetero) is 1. The molecule has 2 fully saturated rings. The molecule has 0 bridgehead atoms. The minimum atomic E-state index is -0.730. The maximum atomic E-state index is 11.9. The van der Waals surface area contributed by atoms with Gasteiger partial charge in [0.05, 0.1) is 83.1 Å². The van der Waals surface area contributed by atoms with Crippen LogP contribution in [0.5, 0.6) is 34.6 Å². The molecule has 13 aromatic rings. The van der Waals surface area contributed by atoms with Crippen molar-refractivity contribution in [2.24, 2.45) is 0 Å². The Kier molecular flexibility index (Phi) is 48.0. The Bertz CT molecular complexity index is 5760. The van der Waals surface area contributed by atoms with Crippen molar-refractivity contribution in [3.8, 4) is 57.1 Å². The van der Waals surface area contributed by atoms with Gasteiger partial charge in [-0.1, -0.05) is 252 Å². The number of halogens is 2. The lowest BCUT2D eigenvalue weighted by Crippen LogP contribution is -2.41. The third-order valence-electron chi connectivity index (χ3n) is 24.5. The molecule has 8 N–H and O–H groups in total. The van der Waals surface area contributed by atoms with Crippen molar-refractivity contribution in [3.05, 3.63) is 316 Å². The van der Waals surface area contributed by atoms with Crippen LogP contribution in [0.4, 0.5) is 11.6 Å². The number of hydrogen-bond donors (Lipinski definition) is 6. The number of unbranched alkanes of at least 4 members (excludes halogenated alkanes) is 11. The van der Waals surface area contributed by atoms with E-state index >= 15 is 0 Å². The molecule has 0 amide bonds. The van der Waals surface area contributed by atoms with Crippen molar-refractivity contribution >= 4 is 80.1 Å². The van der Waals surface area contributed by atoms with Gasteiger partial charge in [-0.25, -0.2) is 29.9 Å². The molecule has 142 heavy (non-hydrogen) atoms. The molecule has 4 aromatic heterocycles. The molecular weight excluding hydrogens is 1910 g/mol.